The van der Waals surface area contributed by atoms with Gasteiger partial charge < -0.3 is 19.9 Å². The molecule has 0 radical (unpaired) electrons. The van der Waals surface area contributed by atoms with E-state index in [1.54, 1.807) is 6.92 Å². The second-order valence-corrected chi connectivity index (χ2v) is 4.67. The molecule has 1 aliphatic carbocycles. The lowest BCUT2D eigenvalue weighted by atomic mass is 10.1. The van der Waals surface area contributed by atoms with Crippen molar-refractivity contribution in [1.29, 1.82) is 0 Å². The molecule has 0 fully saturated rings. The van der Waals surface area contributed by atoms with E-state index in [0.717, 1.165) is 23.3 Å². The average Bonchev–Trinajstić information content (AvgIpc) is 2.74. The fourth-order valence-corrected chi connectivity index (χ4v) is 2.51. The lowest BCUT2D eigenvalue weighted by Gasteiger charge is -2.19. The third-order valence-corrected chi connectivity index (χ3v) is 3.27. The molecule has 2 rings (SSSR count). The maximum absolute atomic E-state index is 11.4. The zero-order chi connectivity index (χ0) is 14.5. The molecule has 0 aromatic heterocycles. The molecule has 0 spiro atoms. The van der Waals surface area contributed by atoms with E-state index in [-0.39, 0.29) is 24.7 Å². The third-order valence-electron chi connectivity index (χ3n) is 3.27. The van der Waals surface area contributed by atoms with Gasteiger partial charge in [-0.1, -0.05) is 12.1 Å². The van der Waals surface area contributed by atoms with Crippen LogP contribution in [0.3, 0.4) is 0 Å². The molecule has 0 bridgehead atoms. The van der Waals surface area contributed by atoms with Gasteiger partial charge >= 0.3 is 5.97 Å². The average molecular weight is 279 g/mol. The van der Waals surface area contributed by atoms with Crippen molar-refractivity contribution >= 4 is 5.97 Å². The van der Waals surface area contributed by atoms with Crippen LogP contribution in [0.2, 0.25) is 0 Å². The van der Waals surface area contributed by atoms with E-state index < -0.39 is 0 Å². The number of hydrogen-bond donors (Lipinski definition) is 1. The molecular weight excluding hydrogens is 258 g/mol. The van der Waals surface area contributed by atoms with Gasteiger partial charge in [0, 0.05) is 11.6 Å². The van der Waals surface area contributed by atoms with Crippen LogP contribution in [0.4, 0.5) is 0 Å². The van der Waals surface area contributed by atoms with Gasteiger partial charge in [-0.25, -0.2) is 4.79 Å². The number of rotatable bonds is 6. The summed E-state index contributed by atoms with van der Waals surface area (Å²) >= 11 is 0. The Labute approximate surface area is 119 Å². The molecule has 0 amide bonds. The normalized spacial score (nSPS) is 20.6. The summed E-state index contributed by atoms with van der Waals surface area (Å²) in [6.45, 7) is 4.53. The largest absolute Gasteiger partial charge is 0.493 e. The highest BCUT2D eigenvalue weighted by Crippen LogP contribution is 2.39. The quantitative estimate of drug-likeness (QED) is 0.801. The first-order chi connectivity index (χ1) is 9.67. The molecule has 20 heavy (non-hydrogen) atoms. The first kappa shape index (κ1) is 14.8. The predicted molar refractivity (Wildman–Crippen MR) is 74.6 cm³/mol. The van der Waals surface area contributed by atoms with Crippen LogP contribution in [0.5, 0.6) is 5.75 Å². The molecule has 2 atom stereocenters. The van der Waals surface area contributed by atoms with E-state index in [1.165, 1.54) is 0 Å². The highest BCUT2D eigenvalue weighted by Gasteiger charge is 2.34. The number of benzene rings is 1. The standard InChI is InChI=1S/C15H21NO4/c1-3-18-12-7-5-6-10-8-11(16)15(14(10)12)20-9-13(17)19-4-2/h5-7,11,15H,3-4,8-9,16H2,1-2H3. The van der Waals surface area contributed by atoms with Crippen LogP contribution < -0.4 is 10.5 Å². The first-order valence-corrected chi connectivity index (χ1v) is 6.94. The lowest BCUT2D eigenvalue weighted by Crippen LogP contribution is -2.28. The summed E-state index contributed by atoms with van der Waals surface area (Å²) in [7, 11) is 0. The van der Waals surface area contributed by atoms with Gasteiger partial charge in [-0.2, -0.15) is 0 Å². The van der Waals surface area contributed by atoms with Gasteiger partial charge in [0.25, 0.3) is 0 Å². The van der Waals surface area contributed by atoms with Crippen LogP contribution in [0.25, 0.3) is 0 Å². The van der Waals surface area contributed by atoms with Gasteiger partial charge in [0.15, 0.2) is 0 Å². The Morgan fingerprint density at radius 2 is 2.15 bits per heavy atom. The molecule has 2 N–H and O–H groups in total. The van der Waals surface area contributed by atoms with Crippen molar-refractivity contribution in [2.24, 2.45) is 5.73 Å². The molecule has 5 heteroatoms. The number of esters is 1. The van der Waals surface area contributed by atoms with E-state index in [4.69, 9.17) is 19.9 Å². The number of carbonyl (C=O) groups is 1. The predicted octanol–water partition coefficient (Wildman–Crippen LogP) is 1.59. The molecule has 0 aliphatic heterocycles. The second-order valence-electron chi connectivity index (χ2n) is 4.67. The molecule has 2 unspecified atom stereocenters. The van der Waals surface area contributed by atoms with Crippen molar-refractivity contribution < 1.29 is 19.0 Å². The Morgan fingerprint density at radius 1 is 1.35 bits per heavy atom. The van der Waals surface area contributed by atoms with E-state index in [1.807, 2.05) is 25.1 Å². The van der Waals surface area contributed by atoms with Crippen LogP contribution in [0.1, 0.15) is 31.1 Å². The van der Waals surface area contributed by atoms with E-state index in [0.29, 0.717) is 13.2 Å². The van der Waals surface area contributed by atoms with Crippen LogP contribution in [0, 0.1) is 0 Å². The fraction of sp³-hybridized carbons (Fsp3) is 0.533. The summed E-state index contributed by atoms with van der Waals surface area (Å²) in [6.07, 6.45) is 0.404. The SMILES string of the molecule is CCOC(=O)COC1c2c(cccc2OCC)CC1N. The van der Waals surface area contributed by atoms with Crippen molar-refractivity contribution in [3.8, 4) is 5.75 Å². The zero-order valence-corrected chi connectivity index (χ0v) is 11.9. The molecule has 0 heterocycles. The molecule has 5 nitrogen and oxygen atoms in total. The Morgan fingerprint density at radius 3 is 2.85 bits per heavy atom. The highest BCUT2D eigenvalue weighted by atomic mass is 16.6. The maximum atomic E-state index is 11.4. The summed E-state index contributed by atoms with van der Waals surface area (Å²) in [4.78, 5) is 11.4. The van der Waals surface area contributed by atoms with Gasteiger partial charge in [0.1, 0.15) is 18.5 Å². The van der Waals surface area contributed by atoms with Crippen molar-refractivity contribution in [3.63, 3.8) is 0 Å². The van der Waals surface area contributed by atoms with Crippen LogP contribution >= 0.6 is 0 Å². The number of nitrogens with two attached hydrogens (primary N) is 1. The van der Waals surface area contributed by atoms with Crippen LogP contribution in [-0.2, 0) is 20.7 Å². The Balaban J connectivity index is 2.14. The van der Waals surface area contributed by atoms with Crippen molar-refractivity contribution in [2.45, 2.75) is 32.4 Å². The Bertz CT molecular complexity index is 475. The lowest BCUT2D eigenvalue weighted by molar-refractivity contribution is -0.150. The summed E-state index contributed by atoms with van der Waals surface area (Å²) in [5, 5.41) is 0. The fourth-order valence-electron chi connectivity index (χ4n) is 2.51. The molecule has 1 aromatic carbocycles. The van der Waals surface area contributed by atoms with Crippen molar-refractivity contribution in [2.75, 3.05) is 19.8 Å². The zero-order valence-electron chi connectivity index (χ0n) is 11.9. The monoisotopic (exact) mass is 279 g/mol. The number of carbonyl (C=O) groups excluding carboxylic acids is 1. The topological polar surface area (TPSA) is 70.8 Å². The number of hydrogen-bond acceptors (Lipinski definition) is 5. The maximum Gasteiger partial charge on any atom is 0.332 e. The van der Waals surface area contributed by atoms with Crippen LogP contribution in [0.15, 0.2) is 18.2 Å². The summed E-state index contributed by atoms with van der Waals surface area (Å²) < 4.78 is 16.2. The summed E-state index contributed by atoms with van der Waals surface area (Å²) in [5.74, 6) is 0.411. The van der Waals surface area contributed by atoms with Gasteiger partial charge in [-0.3, -0.25) is 0 Å². The number of ether oxygens (including phenoxy) is 3. The smallest absolute Gasteiger partial charge is 0.332 e. The molecule has 0 saturated heterocycles. The number of fused-ring (bicyclic) bond motifs is 1. The minimum Gasteiger partial charge on any atom is -0.493 e. The van der Waals surface area contributed by atoms with E-state index in [9.17, 15) is 4.79 Å². The Hall–Kier alpha value is -1.59. The van der Waals surface area contributed by atoms with Gasteiger partial charge in [-0.15, -0.1) is 0 Å². The molecular formula is C15H21NO4. The molecule has 110 valence electrons. The first-order valence-electron chi connectivity index (χ1n) is 6.94. The highest BCUT2D eigenvalue weighted by molar-refractivity contribution is 5.70. The van der Waals surface area contributed by atoms with Crippen molar-refractivity contribution in [1.82, 2.24) is 0 Å². The Kier molecular flexibility index (Phi) is 4.98. The van der Waals surface area contributed by atoms with Gasteiger partial charge in [0.05, 0.1) is 13.2 Å². The van der Waals surface area contributed by atoms with E-state index >= 15 is 0 Å². The molecule has 1 aliphatic rings. The minimum absolute atomic E-state index is 0.0912. The second kappa shape index (κ2) is 6.72. The van der Waals surface area contributed by atoms with E-state index in [2.05, 4.69) is 0 Å². The molecule has 1 aromatic rings. The minimum atomic E-state index is -0.373. The third kappa shape index (κ3) is 3.11. The molecule has 0 saturated carbocycles. The van der Waals surface area contributed by atoms with Gasteiger partial charge in [-0.05, 0) is 31.9 Å². The van der Waals surface area contributed by atoms with Crippen molar-refractivity contribution in [3.05, 3.63) is 29.3 Å². The van der Waals surface area contributed by atoms with Gasteiger partial charge in [0.2, 0.25) is 0 Å². The summed E-state index contributed by atoms with van der Waals surface area (Å²) in [6, 6.07) is 5.71. The van der Waals surface area contributed by atoms with Crippen LogP contribution in [-0.4, -0.2) is 31.8 Å². The summed E-state index contributed by atoms with van der Waals surface area (Å²) in [5.41, 5.74) is 8.21.